The van der Waals surface area contributed by atoms with Crippen molar-refractivity contribution in [3.8, 4) is 0 Å². The fraction of sp³-hybridized carbons (Fsp3) is 0.609. The van der Waals surface area contributed by atoms with Crippen LogP contribution in [0.3, 0.4) is 0 Å². The van der Waals surface area contributed by atoms with E-state index in [0.717, 1.165) is 39.3 Å². The molecule has 0 spiro atoms. The first-order valence-corrected chi connectivity index (χ1v) is 11.4. The minimum absolute atomic E-state index is 0.0721. The molecule has 1 aliphatic carbocycles. The van der Waals surface area contributed by atoms with E-state index in [9.17, 15) is 9.59 Å². The highest BCUT2D eigenvalue weighted by Crippen LogP contribution is 2.23. The summed E-state index contributed by atoms with van der Waals surface area (Å²) in [6.45, 7) is 7.32. The molecule has 7 heteroatoms. The number of hydrogen-bond donors (Lipinski definition) is 1. The number of carbonyl (C=O) groups is 2. The first-order chi connectivity index (χ1) is 14.6. The second-order valence-corrected chi connectivity index (χ2v) is 8.58. The Kier molecular flexibility index (Phi) is 6.67. The number of hydrogen-bond acceptors (Lipinski definition) is 4. The molecule has 2 aliphatic rings. The molecule has 162 valence electrons. The largest absolute Gasteiger partial charge is 0.350 e. The fourth-order valence-corrected chi connectivity index (χ4v) is 4.63. The smallest absolute Gasteiger partial charge is 0.268 e. The quantitative estimate of drug-likeness (QED) is 0.792. The molecule has 1 saturated carbocycles. The Morgan fingerprint density at radius 1 is 1.10 bits per heavy atom. The van der Waals surface area contributed by atoms with Crippen LogP contribution in [-0.4, -0.2) is 70.3 Å². The van der Waals surface area contributed by atoms with Gasteiger partial charge in [-0.3, -0.25) is 14.0 Å². The van der Waals surface area contributed by atoms with Crippen LogP contribution in [-0.2, 0) is 11.2 Å². The van der Waals surface area contributed by atoms with Crippen molar-refractivity contribution in [1.29, 1.82) is 0 Å². The minimum Gasteiger partial charge on any atom is -0.350 e. The molecule has 1 N–H and O–H groups in total. The monoisotopic (exact) mass is 411 g/mol. The van der Waals surface area contributed by atoms with Crippen LogP contribution < -0.4 is 5.32 Å². The van der Waals surface area contributed by atoms with Gasteiger partial charge in [-0.15, -0.1) is 0 Å². The molecule has 0 radical (unpaired) electrons. The first-order valence-electron chi connectivity index (χ1n) is 11.4. The molecule has 2 amide bonds. The van der Waals surface area contributed by atoms with Crippen LogP contribution in [0.4, 0.5) is 0 Å². The Morgan fingerprint density at radius 3 is 2.60 bits per heavy atom. The molecule has 0 aromatic carbocycles. The molecule has 0 atom stereocenters. The van der Waals surface area contributed by atoms with Gasteiger partial charge in [0.1, 0.15) is 11.3 Å². The normalized spacial score (nSPS) is 18.6. The number of rotatable bonds is 6. The van der Waals surface area contributed by atoms with Crippen molar-refractivity contribution in [2.75, 3.05) is 39.3 Å². The van der Waals surface area contributed by atoms with Gasteiger partial charge in [0.25, 0.3) is 5.91 Å². The summed E-state index contributed by atoms with van der Waals surface area (Å²) >= 11 is 0. The summed E-state index contributed by atoms with van der Waals surface area (Å²) in [6.07, 6.45) is 8.37. The molecule has 2 fully saturated rings. The number of fused-ring (bicyclic) bond motifs is 1. The Morgan fingerprint density at radius 2 is 1.87 bits per heavy atom. The second kappa shape index (κ2) is 9.60. The van der Waals surface area contributed by atoms with Crippen molar-refractivity contribution < 1.29 is 9.59 Å². The SMILES string of the molecule is CCN1CCN(C(=O)Cc2cn3c(C(=O)NCC4CCCCC4)cccc3n2)CC1. The zero-order valence-corrected chi connectivity index (χ0v) is 18.0. The van der Waals surface area contributed by atoms with Gasteiger partial charge < -0.3 is 15.1 Å². The molecule has 4 rings (SSSR count). The number of nitrogens with zero attached hydrogens (tertiary/aromatic N) is 4. The van der Waals surface area contributed by atoms with E-state index in [4.69, 9.17) is 0 Å². The van der Waals surface area contributed by atoms with Crippen molar-refractivity contribution >= 4 is 17.5 Å². The molecule has 1 aliphatic heterocycles. The Bertz CT molecular complexity index is 879. The zero-order valence-electron chi connectivity index (χ0n) is 18.0. The number of nitrogens with one attached hydrogen (secondary N) is 1. The number of pyridine rings is 1. The lowest BCUT2D eigenvalue weighted by Crippen LogP contribution is -2.48. The zero-order chi connectivity index (χ0) is 20.9. The van der Waals surface area contributed by atoms with Crippen LogP contribution >= 0.6 is 0 Å². The number of piperazine rings is 1. The molecule has 1 saturated heterocycles. The molecule has 3 heterocycles. The highest BCUT2D eigenvalue weighted by atomic mass is 16.2. The lowest BCUT2D eigenvalue weighted by Gasteiger charge is -2.34. The van der Waals surface area contributed by atoms with Gasteiger partial charge in [0, 0.05) is 38.9 Å². The number of aromatic nitrogens is 2. The van der Waals surface area contributed by atoms with Gasteiger partial charge in [0.05, 0.1) is 12.1 Å². The topological polar surface area (TPSA) is 70.0 Å². The van der Waals surface area contributed by atoms with E-state index in [-0.39, 0.29) is 18.2 Å². The predicted molar refractivity (Wildman–Crippen MR) is 116 cm³/mol. The number of carbonyl (C=O) groups excluding carboxylic acids is 2. The third-order valence-corrected chi connectivity index (χ3v) is 6.56. The molecular formula is C23H33N5O2. The van der Waals surface area contributed by atoms with Gasteiger partial charge in [0.2, 0.25) is 5.91 Å². The maximum absolute atomic E-state index is 12.8. The standard InChI is InChI=1S/C23H33N5O2/c1-2-26-11-13-27(14-12-26)22(29)15-19-17-28-20(9-6-10-21(28)25-19)23(30)24-16-18-7-4-3-5-8-18/h6,9-10,17-18H,2-5,7-8,11-16H2,1H3,(H,24,30). The third kappa shape index (κ3) is 4.83. The highest BCUT2D eigenvalue weighted by Gasteiger charge is 2.22. The number of amides is 2. The van der Waals surface area contributed by atoms with E-state index in [1.165, 1.54) is 32.1 Å². The van der Waals surface area contributed by atoms with Crippen LogP contribution in [0.15, 0.2) is 24.4 Å². The van der Waals surface area contributed by atoms with E-state index in [0.29, 0.717) is 23.0 Å². The van der Waals surface area contributed by atoms with Crippen LogP contribution in [0.1, 0.15) is 55.2 Å². The van der Waals surface area contributed by atoms with Crippen molar-refractivity contribution in [3.63, 3.8) is 0 Å². The van der Waals surface area contributed by atoms with Crippen LogP contribution in [0, 0.1) is 5.92 Å². The van der Waals surface area contributed by atoms with Crippen molar-refractivity contribution in [2.24, 2.45) is 5.92 Å². The summed E-state index contributed by atoms with van der Waals surface area (Å²) in [5.41, 5.74) is 2.00. The van der Waals surface area contributed by atoms with Gasteiger partial charge in [0.15, 0.2) is 0 Å². The average Bonchev–Trinajstić information content (AvgIpc) is 3.20. The number of imidazole rings is 1. The highest BCUT2D eigenvalue weighted by molar-refractivity contribution is 5.93. The average molecular weight is 412 g/mol. The van der Waals surface area contributed by atoms with Crippen LogP contribution in [0.25, 0.3) is 5.65 Å². The van der Waals surface area contributed by atoms with Gasteiger partial charge >= 0.3 is 0 Å². The van der Waals surface area contributed by atoms with E-state index < -0.39 is 0 Å². The fourth-order valence-electron chi connectivity index (χ4n) is 4.63. The van der Waals surface area contributed by atoms with Gasteiger partial charge in [-0.25, -0.2) is 4.98 Å². The first kappa shape index (κ1) is 20.8. The van der Waals surface area contributed by atoms with Crippen molar-refractivity contribution in [2.45, 2.75) is 45.4 Å². The third-order valence-electron chi connectivity index (χ3n) is 6.56. The number of likely N-dealkylation sites (N-methyl/N-ethyl adjacent to an activating group) is 1. The summed E-state index contributed by atoms with van der Waals surface area (Å²) in [7, 11) is 0. The van der Waals surface area contributed by atoms with Gasteiger partial charge in [-0.05, 0) is 37.4 Å². The van der Waals surface area contributed by atoms with Gasteiger partial charge in [-0.2, -0.15) is 0 Å². The summed E-state index contributed by atoms with van der Waals surface area (Å²) in [5.74, 6) is 0.626. The molecule has 7 nitrogen and oxygen atoms in total. The molecule has 30 heavy (non-hydrogen) atoms. The molecule has 2 aromatic rings. The van der Waals surface area contributed by atoms with Crippen LogP contribution in [0.2, 0.25) is 0 Å². The summed E-state index contributed by atoms with van der Waals surface area (Å²) in [4.78, 5) is 34.4. The van der Waals surface area contributed by atoms with E-state index in [1.54, 1.807) is 0 Å². The molecule has 2 aromatic heterocycles. The van der Waals surface area contributed by atoms with E-state index in [1.807, 2.05) is 33.7 Å². The molecular weight excluding hydrogens is 378 g/mol. The lowest BCUT2D eigenvalue weighted by atomic mass is 9.89. The minimum atomic E-state index is -0.0721. The van der Waals surface area contributed by atoms with E-state index >= 15 is 0 Å². The molecule has 0 bridgehead atoms. The second-order valence-electron chi connectivity index (χ2n) is 8.58. The lowest BCUT2D eigenvalue weighted by molar-refractivity contribution is -0.132. The molecule has 0 unspecified atom stereocenters. The van der Waals surface area contributed by atoms with Crippen molar-refractivity contribution in [1.82, 2.24) is 24.5 Å². The summed E-state index contributed by atoms with van der Waals surface area (Å²) in [6, 6.07) is 5.56. The van der Waals surface area contributed by atoms with Crippen molar-refractivity contribution in [3.05, 3.63) is 35.8 Å². The Hall–Kier alpha value is -2.41. The Balaban J connectivity index is 1.40. The maximum atomic E-state index is 12.8. The van der Waals surface area contributed by atoms with Crippen LogP contribution in [0.5, 0.6) is 0 Å². The summed E-state index contributed by atoms with van der Waals surface area (Å²) < 4.78 is 1.81. The summed E-state index contributed by atoms with van der Waals surface area (Å²) in [5, 5.41) is 3.10. The maximum Gasteiger partial charge on any atom is 0.268 e. The predicted octanol–water partition coefficient (Wildman–Crippen LogP) is 2.35. The van der Waals surface area contributed by atoms with Gasteiger partial charge in [-0.1, -0.05) is 32.3 Å². The Labute approximate surface area is 178 Å². The van der Waals surface area contributed by atoms with E-state index in [2.05, 4.69) is 22.1 Å².